The first-order chi connectivity index (χ1) is 7.72. The van der Waals surface area contributed by atoms with E-state index in [4.69, 9.17) is 4.74 Å². The molecule has 0 aromatic carbocycles. The third-order valence-corrected chi connectivity index (χ3v) is 4.77. The topological polar surface area (TPSA) is 9.23 Å². The van der Waals surface area contributed by atoms with Crippen LogP contribution in [0, 0.1) is 5.41 Å². The van der Waals surface area contributed by atoms with Gasteiger partial charge in [-0.05, 0) is 20.3 Å². The van der Waals surface area contributed by atoms with Crippen molar-refractivity contribution in [1.82, 2.24) is 0 Å². The molecule has 18 heavy (non-hydrogen) atoms. The van der Waals surface area contributed by atoms with Crippen molar-refractivity contribution in [3.05, 3.63) is 0 Å². The number of alkyl halides is 4. The van der Waals surface area contributed by atoms with Crippen LogP contribution < -0.4 is 0 Å². The molecule has 0 N–H and O–H groups in total. The first-order valence-corrected chi connectivity index (χ1v) is 6.18. The van der Waals surface area contributed by atoms with Gasteiger partial charge in [0.1, 0.15) is 5.67 Å². The van der Waals surface area contributed by atoms with Crippen LogP contribution in [-0.2, 0) is 4.74 Å². The third-order valence-electron chi connectivity index (χ3n) is 4.77. The van der Waals surface area contributed by atoms with E-state index in [1.54, 1.807) is 13.8 Å². The fourth-order valence-corrected chi connectivity index (χ4v) is 2.50. The summed E-state index contributed by atoms with van der Waals surface area (Å²) in [5.41, 5.74) is -4.43. The molecule has 0 bridgehead atoms. The van der Waals surface area contributed by atoms with Crippen molar-refractivity contribution in [1.29, 1.82) is 0 Å². The molecule has 108 valence electrons. The molecule has 0 aromatic heterocycles. The van der Waals surface area contributed by atoms with Crippen LogP contribution in [0.25, 0.3) is 0 Å². The molecule has 1 fully saturated rings. The third kappa shape index (κ3) is 1.95. The highest BCUT2D eigenvalue weighted by Crippen LogP contribution is 2.59. The highest BCUT2D eigenvalue weighted by Gasteiger charge is 2.69. The van der Waals surface area contributed by atoms with Crippen LogP contribution in [0.15, 0.2) is 0 Å². The van der Waals surface area contributed by atoms with Crippen molar-refractivity contribution in [2.24, 2.45) is 5.41 Å². The average molecular weight is 270 g/mol. The van der Waals surface area contributed by atoms with Gasteiger partial charge >= 0.3 is 5.92 Å². The van der Waals surface area contributed by atoms with Crippen LogP contribution in [0.4, 0.5) is 17.6 Å². The van der Waals surface area contributed by atoms with Crippen LogP contribution in [0.5, 0.6) is 0 Å². The SMILES string of the molecule is CCC1(F)CC(F)(C(C)(F)F)OC(C)(C)C1(C)C. The van der Waals surface area contributed by atoms with E-state index in [9.17, 15) is 17.6 Å². The standard InChI is InChI=1S/C13H22F4O/c1-7-12(16)8-13(17,11(6,14)15)18-10(4,5)9(12,2)3/h7-8H2,1-6H3. The zero-order valence-corrected chi connectivity index (χ0v) is 11.8. The van der Waals surface area contributed by atoms with Gasteiger partial charge in [-0.25, -0.2) is 17.6 Å². The van der Waals surface area contributed by atoms with Gasteiger partial charge in [-0.2, -0.15) is 0 Å². The van der Waals surface area contributed by atoms with E-state index in [2.05, 4.69) is 0 Å². The van der Waals surface area contributed by atoms with E-state index in [0.29, 0.717) is 6.92 Å². The summed E-state index contributed by atoms with van der Waals surface area (Å²) in [4.78, 5) is 0. The first kappa shape index (κ1) is 15.7. The van der Waals surface area contributed by atoms with Gasteiger partial charge in [0.15, 0.2) is 0 Å². The first-order valence-electron chi connectivity index (χ1n) is 6.18. The van der Waals surface area contributed by atoms with Crippen LogP contribution in [0.1, 0.15) is 54.4 Å². The maximum atomic E-state index is 14.9. The Balaban J connectivity index is 3.32. The van der Waals surface area contributed by atoms with Gasteiger partial charge in [0.25, 0.3) is 5.85 Å². The van der Waals surface area contributed by atoms with Gasteiger partial charge in [-0.1, -0.05) is 20.8 Å². The smallest absolute Gasteiger partial charge is 0.303 e. The molecular formula is C13H22F4O. The lowest BCUT2D eigenvalue weighted by molar-refractivity contribution is -0.380. The van der Waals surface area contributed by atoms with Crippen molar-refractivity contribution < 1.29 is 22.3 Å². The number of hydrogen-bond donors (Lipinski definition) is 0. The largest absolute Gasteiger partial charge is 0.334 e. The summed E-state index contributed by atoms with van der Waals surface area (Å²) in [6.07, 6.45) is -0.981. The molecule has 5 heteroatoms. The molecule has 1 aliphatic heterocycles. The molecule has 0 radical (unpaired) electrons. The van der Waals surface area contributed by atoms with Gasteiger partial charge in [0, 0.05) is 18.8 Å². The number of rotatable bonds is 2. The summed E-state index contributed by atoms with van der Waals surface area (Å²) in [5, 5.41) is 0. The highest BCUT2D eigenvalue weighted by atomic mass is 19.3. The number of ether oxygens (including phenoxy) is 1. The second-order valence-electron chi connectivity index (χ2n) is 6.35. The van der Waals surface area contributed by atoms with Crippen LogP contribution in [-0.4, -0.2) is 23.0 Å². The van der Waals surface area contributed by atoms with Crippen molar-refractivity contribution in [3.8, 4) is 0 Å². The predicted octanol–water partition coefficient (Wildman–Crippen LogP) is 4.65. The lowest BCUT2D eigenvalue weighted by atomic mass is 9.60. The van der Waals surface area contributed by atoms with E-state index < -0.39 is 34.9 Å². The van der Waals surface area contributed by atoms with Crippen LogP contribution in [0.2, 0.25) is 0 Å². The Hall–Kier alpha value is -0.320. The minimum absolute atomic E-state index is 0.0332. The lowest BCUT2D eigenvalue weighted by Crippen LogP contribution is -2.68. The van der Waals surface area contributed by atoms with E-state index >= 15 is 0 Å². The Labute approximate surface area is 106 Å². The Kier molecular flexibility index (Phi) is 3.36. The summed E-state index contributed by atoms with van der Waals surface area (Å²) in [5.74, 6) is -7.01. The summed E-state index contributed by atoms with van der Waals surface area (Å²) in [7, 11) is 0. The van der Waals surface area contributed by atoms with Gasteiger partial charge in [0.05, 0.1) is 5.60 Å². The molecular weight excluding hydrogens is 248 g/mol. The van der Waals surface area contributed by atoms with Gasteiger partial charge in [0.2, 0.25) is 0 Å². The summed E-state index contributed by atoms with van der Waals surface area (Å²) >= 11 is 0. The van der Waals surface area contributed by atoms with Crippen molar-refractivity contribution >= 4 is 0 Å². The zero-order chi connectivity index (χ0) is 14.6. The molecule has 1 saturated heterocycles. The molecule has 2 atom stereocenters. The van der Waals surface area contributed by atoms with Gasteiger partial charge < -0.3 is 4.74 Å². The normalized spacial score (nSPS) is 39.7. The average Bonchev–Trinajstić information content (AvgIpc) is 2.12. The monoisotopic (exact) mass is 270 g/mol. The Bertz CT molecular complexity index is 332. The minimum Gasteiger partial charge on any atom is -0.334 e. The molecule has 0 saturated carbocycles. The van der Waals surface area contributed by atoms with E-state index in [-0.39, 0.29) is 6.42 Å². The Morgan fingerprint density at radius 1 is 1.11 bits per heavy atom. The maximum Gasteiger partial charge on any atom is 0.303 e. The fraction of sp³-hybridized carbons (Fsp3) is 1.00. The minimum atomic E-state index is -3.74. The molecule has 1 rings (SSSR count). The van der Waals surface area contributed by atoms with Crippen molar-refractivity contribution in [2.75, 3.05) is 0 Å². The second kappa shape index (κ2) is 3.84. The second-order valence-corrected chi connectivity index (χ2v) is 6.35. The van der Waals surface area contributed by atoms with Crippen LogP contribution in [0.3, 0.4) is 0 Å². The fourth-order valence-electron chi connectivity index (χ4n) is 2.50. The van der Waals surface area contributed by atoms with E-state index in [1.807, 2.05) is 0 Å². The van der Waals surface area contributed by atoms with Crippen LogP contribution >= 0.6 is 0 Å². The molecule has 0 spiro atoms. The molecule has 1 heterocycles. The number of halogens is 4. The molecule has 0 aliphatic carbocycles. The lowest BCUT2D eigenvalue weighted by Gasteiger charge is -2.58. The Morgan fingerprint density at radius 2 is 1.56 bits per heavy atom. The van der Waals surface area contributed by atoms with Crippen molar-refractivity contribution in [2.45, 2.75) is 77.4 Å². The summed E-state index contributed by atoms with van der Waals surface area (Å²) in [6, 6.07) is 0. The number of hydrogen-bond acceptors (Lipinski definition) is 1. The summed E-state index contributed by atoms with van der Waals surface area (Å²) in [6.45, 7) is 8.05. The highest BCUT2D eigenvalue weighted by molar-refractivity contribution is 5.11. The molecule has 2 unspecified atom stereocenters. The zero-order valence-electron chi connectivity index (χ0n) is 11.8. The Morgan fingerprint density at radius 3 is 1.89 bits per heavy atom. The van der Waals surface area contributed by atoms with E-state index in [0.717, 1.165) is 0 Å². The quantitative estimate of drug-likeness (QED) is 0.664. The van der Waals surface area contributed by atoms with Crippen molar-refractivity contribution in [3.63, 3.8) is 0 Å². The molecule has 1 aliphatic rings. The maximum absolute atomic E-state index is 14.9. The van der Waals surface area contributed by atoms with Gasteiger partial charge in [-0.15, -0.1) is 0 Å². The molecule has 0 aromatic rings. The van der Waals surface area contributed by atoms with E-state index in [1.165, 1.54) is 20.8 Å². The molecule has 1 nitrogen and oxygen atoms in total. The molecule has 0 amide bonds. The van der Waals surface area contributed by atoms with Gasteiger partial charge in [-0.3, -0.25) is 0 Å². The summed E-state index contributed by atoms with van der Waals surface area (Å²) < 4.78 is 61.1. The predicted molar refractivity (Wildman–Crippen MR) is 62.2 cm³/mol.